The fourth-order valence-corrected chi connectivity index (χ4v) is 4.49. The third kappa shape index (κ3) is 4.97. The molecule has 0 unspecified atom stereocenters. The van der Waals surface area contributed by atoms with Gasteiger partial charge >= 0.3 is 0 Å². The Morgan fingerprint density at radius 3 is 2.72 bits per heavy atom. The summed E-state index contributed by atoms with van der Waals surface area (Å²) in [5, 5.41) is 10.8. The van der Waals surface area contributed by atoms with Crippen molar-refractivity contribution in [2.45, 2.75) is 26.2 Å². The molecule has 0 saturated carbocycles. The Morgan fingerprint density at radius 1 is 1.06 bits per heavy atom. The molecule has 1 aromatic heterocycles. The second-order valence-electron chi connectivity index (χ2n) is 8.53. The molecule has 36 heavy (non-hydrogen) atoms. The Bertz CT molecular complexity index is 1500. The van der Waals surface area contributed by atoms with Gasteiger partial charge in [0.25, 0.3) is 11.5 Å². The minimum Gasteiger partial charge on any atom is -0.453 e. The Balaban J connectivity index is 1.56. The third-order valence-corrected chi connectivity index (χ3v) is 6.26. The van der Waals surface area contributed by atoms with Gasteiger partial charge in [0.05, 0.1) is 11.9 Å². The smallest absolute Gasteiger partial charge is 0.299 e. The molecule has 3 aromatic carbocycles. The number of ether oxygens (including phenoxy) is 1. The quantitative estimate of drug-likeness (QED) is 0.342. The van der Waals surface area contributed by atoms with Crippen molar-refractivity contribution < 1.29 is 9.53 Å². The van der Waals surface area contributed by atoms with Crippen LogP contribution < -0.4 is 20.9 Å². The third-order valence-electron chi connectivity index (χ3n) is 6.03. The topological polar surface area (TPSA) is 85.2 Å². The normalized spacial score (nSPS) is 12.2. The zero-order valence-corrected chi connectivity index (χ0v) is 20.5. The maximum Gasteiger partial charge on any atom is 0.299 e. The first-order valence-corrected chi connectivity index (χ1v) is 12.2. The minimum atomic E-state index is -0.417. The summed E-state index contributed by atoms with van der Waals surface area (Å²) in [6.07, 6.45) is 4.72. The lowest BCUT2D eigenvalue weighted by Crippen LogP contribution is -2.24. The molecule has 8 heteroatoms. The number of carbonyl (C=O) groups excluding carboxylic acids is 1. The van der Waals surface area contributed by atoms with Gasteiger partial charge in [-0.1, -0.05) is 29.8 Å². The molecule has 4 aromatic rings. The Morgan fingerprint density at radius 2 is 1.89 bits per heavy atom. The number of amides is 1. The van der Waals surface area contributed by atoms with Gasteiger partial charge in [0, 0.05) is 22.8 Å². The van der Waals surface area contributed by atoms with E-state index in [1.54, 1.807) is 48.5 Å². The van der Waals surface area contributed by atoms with Crippen molar-refractivity contribution >= 4 is 28.9 Å². The van der Waals surface area contributed by atoms with E-state index >= 15 is 0 Å². The van der Waals surface area contributed by atoms with Crippen LogP contribution in [0, 0.1) is 0 Å². The van der Waals surface area contributed by atoms with E-state index in [0.717, 1.165) is 19.3 Å². The van der Waals surface area contributed by atoms with Crippen molar-refractivity contribution in [1.82, 2.24) is 15.1 Å². The van der Waals surface area contributed by atoms with Gasteiger partial charge in [0.15, 0.2) is 11.4 Å². The average Bonchev–Trinajstić information content (AvgIpc) is 3.35. The van der Waals surface area contributed by atoms with Crippen LogP contribution in [0.25, 0.3) is 5.69 Å². The van der Waals surface area contributed by atoms with Crippen molar-refractivity contribution in [3.05, 3.63) is 105 Å². The molecule has 0 spiro atoms. The van der Waals surface area contributed by atoms with E-state index in [1.807, 2.05) is 19.1 Å². The number of aromatic nitrogens is 2. The van der Waals surface area contributed by atoms with Gasteiger partial charge in [-0.15, -0.1) is 0 Å². The molecule has 5 rings (SSSR count). The number of halogens is 1. The number of hydrogen-bond acceptors (Lipinski definition) is 5. The van der Waals surface area contributed by atoms with Gasteiger partial charge in [-0.2, -0.15) is 9.78 Å². The van der Waals surface area contributed by atoms with Crippen LogP contribution in [0.3, 0.4) is 0 Å². The van der Waals surface area contributed by atoms with Gasteiger partial charge in [-0.05, 0) is 85.8 Å². The summed E-state index contributed by atoms with van der Waals surface area (Å²) in [5.41, 5.74) is 3.94. The van der Waals surface area contributed by atoms with Crippen LogP contribution >= 0.6 is 11.6 Å². The van der Waals surface area contributed by atoms with Crippen LogP contribution in [-0.2, 0) is 12.8 Å². The van der Waals surface area contributed by atoms with Gasteiger partial charge in [0.1, 0.15) is 5.75 Å². The van der Waals surface area contributed by atoms with Crippen molar-refractivity contribution in [2.75, 3.05) is 11.9 Å². The fraction of sp³-hybridized carbons (Fsp3) is 0.179. The van der Waals surface area contributed by atoms with E-state index in [2.05, 4.69) is 21.8 Å². The average molecular weight is 501 g/mol. The monoisotopic (exact) mass is 500 g/mol. The number of fused-ring (bicyclic) bond motifs is 1. The molecule has 0 saturated heterocycles. The number of anilines is 2. The first-order valence-electron chi connectivity index (χ1n) is 11.8. The van der Waals surface area contributed by atoms with Gasteiger partial charge in [0.2, 0.25) is 0 Å². The number of rotatable bonds is 7. The van der Waals surface area contributed by atoms with Crippen LogP contribution in [0.4, 0.5) is 11.4 Å². The molecule has 182 valence electrons. The second-order valence-corrected chi connectivity index (χ2v) is 8.97. The second kappa shape index (κ2) is 10.3. The number of benzene rings is 3. The SMILES string of the molecule is CCNC(=O)c1cccc(Nc2c(Oc3ccc4c(c3)CCC4)cnn(-c3cccc(Cl)c3)c2=O)c1. The van der Waals surface area contributed by atoms with Crippen LogP contribution in [0.1, 0.15) is 34.8 Å². The molecule has 1 aliphatic carbocycles. The van der Waals surface area contributed by atoms with E-state index in [4.69, 9.17) is 16.3 Å². The molecular weight excluding hydrogens is 476 g/mol. The maximum atomic E-state index is 13.6. The predicted molar refractivity (Wildman–Crippen MR) is 141 cm³/mol. The molecule has 7 nitrogen and oxygen atoms in total. The predicted octanol–water partition coefficient (Wildman–Crippen LogP) is 5.66. The van der Waals surface area contributed by atoms with Crippen LogP contribution in [0.2, 0.25) is 5.02 Å². The zero-order chi connectivity index (χ0) is 25.1. The van der Waals surface area contributed by atoms with Crippen LogP contribution in [0.15, 0.2) is 77.7 Å². The molecule has 1 heterocycles. The largest absolute Gasteiger partial charge is 0.453 e. The first-order chi connectivity index (χ1) is 17.5. The molecule has 0 fully saturated rings. The summed E-state index contributed by atoms with van der Waals surface area (Å²) < 4.78 is 7.44. The zero-order valence-electron chi connectivity index (χ0n) is 19.8. The van der Waals surface area contributed by atoms with E-state index in [9.17, 15) is 9.59 Å². The molecule has 2 N–H and O–H groups in total. The van der Waals surface area contributed by atoms with Gasteiger partial charge in [-0.3, -0.25) is 9.59 Å². The van der Waals surface area contributed by atoms with E-state index < -0.39 is 5.56 Å². The Kier molecular flexibility index (Phi) is 6.73. The number of nitrogens with zero attached hydrogens (tertiary/aromatic N) is 2. The molecule has 0 aliphatic heterocycles. The fourth-order valence-electron chi connectivity index (χ4n) is 4.31. The number of aryl methyl sites for hydroxylation is 2. The number of nitrogens with one attached hydrogen (secondary N) is 2. The van der Waals surface area contributed by atoms with Crippen molar-refractivity contribution in [1.29, 1.82) is 0 Å². The minimum absolute atomic E-state index is 0.193. The molecule has 0 atom stereocenters. The van der Waals surface area contributed by atoms with Crippen molar-refractivity contribution in [3.63, 3.8) is 0 Å². The van der Waals surface area contributed by atoms with E-state index in [1.165, 1.54) is 22.0 Å². The lowest BCUT2D eigenvalue weighted by atomic mass is 10.1. The lowest BCUT2D eigenvalue weighted by Gasteiger charge is -2.15. The van der Waals surface area contributed by atoms with Crippen LogP contribution in [-0.4, -0.2) is 22.2 Å². The number of hydrogen-bond donors (Lipinski definition) is 2. The standard InChI is InChI=1S/C28H25ClN4O3/c1-2-30-27(34)20-8-4-10-22(14-20)32-26-25(36-24-13-12-18-6-3-7-19(18)15-24)17-31-33(28(26)35)23-11-5-9-21(29)16-23/h4-5,8-17,32H,2-3,6-7H2,1H3,(H,30,34). The highest BCUT2D eigenvalue weighted by atomic mass is 35.5. The highest BCUT2D eigenvalue weighted by Crippen LogP contribution is 2.32. The summed E-state index contributed by atoms with van der Waals surface area (Å²) in [5.74, 6) is 0.720. The van der Waals surface area contributed by atoms with Gasteiger partial charge in [-0.25, -0.2) is 0 Å². The molecular formula is C28H25ClN4O3. The lowest BCUT2D eigenvalue weighted by molar-refractivity contribution is 0.0956. The molecule has 1 amide bonds. The summed E-state index contributed by atoms with van der Waals surface area (Å²) in [4.78, 5) is 26.0. The van der Waals surface area contributed by atoms with E-state index in [0.29, 0.717) is 34.3 Å². The van der Waals surface area contributed by atoms with Crippen molar-refractivity contribution in [3.8, 4) is 17.2 Å². The summed E-state index contributed by atoms with van der Waals surface area (Å²) in [6, 6.07) is 19.8. The summed E-state index contributed by atoms with van der Waals surface area (Å²) in [6.45, 7) is 2.38. The maximum absolute atomic E-state index is 13.6. The number of carbonyl (C=O) groups is 1. The molecule has 1 aliphatic rings. The van der Waals surface area contributed by atoms with E-state index in [-0.39, 0.29) is 17.3 Å². The summed E-state index contributed by atoms with van der Waals surface area (Å²) in [7, 11) is 0. The highest BCUT2D eigenvalue weighted by molar-refractivity contribution is 6.30. The van der Waals surface area contributed by atoms with Gasteiger partial charge < -0.3 is 15.4 Å². The van der Waals surface area contributed by atoms with Crippen molar-refractivity contribution in [2.24, 2.45) is 0 Å². The molecule has 0 radical (unpaired) electrons. The Hall–Kier alpha value is -4.10. The summed E-state index contributed by atoms with van der Waals surface area (Å²) >= 11 is 6.15. The Labute approximate surface area is 213 Å². The molecule has 0 bridgehead atoms. The first kappa shape index (κ1) is 23.6. The van der Waals surface area contributed by atoms with Crippen LogP contribution in [0.5, 0.6) is 11.5 Å². The highest BCUT2D eigenvalue weighted by Gasteiger charge is 2.18.